The van der Waals surface area contributed by atoms with Crippen LogP contribution in [0.3, 0.4) is 0 Å². The van der Waals surface area contributed by atoms with Gasteiger partial charge in [-0.15, -0.1) is 0 Å². The number of fused-ring (bicyclic) bond motifs is 1. The molecule has 0 saturated carbocycles. The van der Waals surface area contributed by atoms with Gasteiger partial charge < -0.3 is 9.64 Å². The Morgan fingerprint density at radius 1 is 1.45 bits per heavy atom. The second-order valence-electron chi connectivity index (χ2n) is 5.44. The van der Waals surface area contributed by atoms with E-state index >= 15 is 0 Å². The lowest BCUT2D eigenvalue weighted by Gasteiger charge is -2.32. The minimum absolute atomic E-state index is 0.0448. The zero-order chi connectivity index (χ0) is 15.5. The molecular weight excluding hydrogens is 280 g/mol. The van der Waals surface area contributed by atoms with Gasteiger partial charge in [-0.25, -0.2) is 0 Å². The molecule has 2 aromatic rings. The lowest BCUT2D eigenvalue weighted by Crippen LogP contribution is -2.40. The molecule has 1 aliphatic heterocycles. The number of aryl methyl sites for hydroxylation is 1. The third-order valence-electron chi connectivity index (χ3n) is 3.95. The number of amides is 1. The molecule has 0 N–H and O–H groups in total. The van der Waals surface area contributed by atoms with E-state index in [2.05, 4.69) is 10.1 Å². The molecule has 0 unspecified atom stereocenters. The summed E-state index contributed by atoms with van der Waals surface area (Å²) in [5.41, 5.74) is 2.73. The molecule has 0 fully saturated rings. The molecule has 3 rings (SSSR count). The maximum absolute atomic E-state index is 12.6. The van der Waals surface area contributed by atoms with Crippen LogP contribution in [-0.2, 0) is 18.3 Å². The van der Waals surface area contributed by atoms with Gasteiger partial charge in [0.1, 0.15) is 5.69 Å². The molecule has 2 aromatic heterocycles. The molecule has 0 radical (unpaired) electrons. The fourth-order valence-corrected chi connectivity index (χ4v) is 2.96. The van der Waals surface area contributed by atoms with E-state index in [1.54, 1.807) is 12.3 Å². The standard InChI is InChI=1S/C16H20N4O2/c1-3-22-11-13-10-20(9-12-8-18-19(2)15(12)13)16(21)14-6-4-5-7-17-14/h4-8,13H,3,9-11H2,1-2H3/t13-/m0/s1. The number of carbonyl (C=O) groups is 1. The molecule has 6 nitrogen and oxygen atoms in total. The van der Waals surface area contributed by atoms with Crippen molar-refractivity contribution >= 4 is 5.91 Å². The summed E-state index contributed by atoms with van der Waals surface area (Å²) in [6.45, 7) is 4.43. The molecule has 1 atom stereocenters. The van der Waals surface area contributed by atoms with Crippen molar-refractivity contribution in [2.24, 2.45) is 7.05 Å². The second kappa shape index (κ2) is 6.27. The minimum Gasteiger partial charge on any atom is -0.381 e. The summed E-state index contributed by atoms with van der Waals surface area (Å²) in [6, 6.07) is 5.39. The van der Waals surface area contributed by atoms with Gasteiger partial charge in [0.05, 0.1) is 18.5 Å². The molecule has 1 aliphatic rings. The summed E-state index contributed by atoms with van der Waals surface area (Å²) in [7, 11) is 1.94. The van der Waals surface area contributed by atoms with Crippen LogP contribution in [0.25, 0.3) is 0 Å². The first-order valence-electron chi connectivity index (χ1n) is 7.49. The van der Waals surface area contributed by atoms with Crippen molar-refractivity contribution in [3.8, 4) is 0 Å². The monoisotopic (exact) mass is 300 g/mol. The average molecular weight is 300 g/mol. The molecule has 0 saturated heterocycles. The zero-order valence-corrected chi connectivity index (χ0v) is 12.9. The van der Waals surface area contributed by atoms with Crippen molar-refractivity contribution in [3.63, 3.8) is 0 Å². The smallest absolute Gasteiger partial charge is 0.272 e. The quantitative estimate of drug-likeness (QED) is 0.860. The molecule has 1 amide bonds. The van der Waals surface area contributed by atoms with Gasteiger partial charge in [0.15, 0.2) is 0 Å². The van der Waals surface area contributed by atoms with E-state index < -0.39 is 0 Å². The van der Waals surface area contributed by atoms with E-state index in [1.165, 1.54) is 5.69 Å². The summed E-state index contributed by atoms with van der Waals surface area (Å²) in [6.07, 6.45) is 3.48. The van der Waals surface area contributed by atoms with Gasteiger partial charge >= 0.3 is 0 Å². The first-order valence-corrected chi connectivity index (χ1v) is 7.49. The Morgan fingerprint density at radius 2 is 2.32 bits per heavy atom. The SMILES string of the molecule is CCOC[C@@H]1CN(C(=O)c2ccccn2)Cc2cnn(C)c21. The van der Waals surface area contributed by atoms with Crippen LogP contribution in [0.5, 0.6) is 0 Å². The Hall–Kier alpha value is -2.21. The van der Waals surface area contributed by atoms with Gasteiger partial charge in [-0.3, -0.25) is 14.5 Å². The third-order valence-corrected chi connectivity index (χ3v) is 3.95. The average Bonchev–Trinajstić information content (AvgIpc) is 2.94. The van der Waals surface area contributed by atoms with Gasteiger partial charge in [0, 0.05) is 44.4 Å². The number of rotatable bonds is 4. The van der Waals surface area contributed by atoms with Crippen molar-refractivity contribution in [2.75, 3.05) is 19.8 Å². The van der Waals surface area contributed by atoms with Crippen molar-refractivity contribution in [1.29, 1.82) is 0 Å². The third kappa shape index (κ3) is 2.74. The van der Waals surface area contributed by atoms with E-state index in [9.17, 15) is 4.79 Å². The predicted octanol–water partition coefficient (Wildman–Crippen LogP) is 1.59. The molecule has 3 heterocycles. The summed E-state index contributed by atoms with van der Waals surface area (Å²) in [5.74, 6) is 0.0977. The lowest BCUT2D eigenvalue weighted by atomic mass is 9.96. The molecule has 6 heteroatoms. The summed E-state index contributed by atoms with van der Waals surface area (Å²) >= 11 is 0. The number of hydrogen-bond donors (Lipinski definition) is 0. The number of nitrogens with zero attached hydrogens (tertiary/aromatic N) is 4. The fraction of sp³-hybridized carbons (Fsp3) is 0.438. The summed E-state index contributed by atoms with van der Waals surface area (Å²) < 4.78 is 7.48. The van der Waals surface area contributed by atoms with Crippen LogP contribution >= 0.6 is 0 Å². The van der Waals surface area contributed by atoms with Gasteiger partial charge in [0.2, 0.25) is 0 Å². The van der Waals surface area contributed by atoms with E-state index in [0.29, 0.717) is 32.0 Å². The number of hydrogen-bond acceptors (Lipinski definition) is 4. The topological polar surface area (TPSA) is 60.2 Å². The normalized spacial score (nSPS) is 17.4. The molecule has 116 valence electrons. The predicted molar refractivity (Wildman–Crippen MR) is 81.4 cm³/mol. The number of pyridine rings is 1. The van der Waals surface area contributed by atoms with Crippen molar-refractivity contribution in [2.45, 2.75) is 19.4 Å². The van der Waals surface area contributed by atoms with Gasteiger partial charge in [-0.05, 0) is 19.1 Å². The van der Waals surface area contributed by atoms with Crippen molar-refractivity contribution < 1.29 is 9.53 Å². The Kier molecular flexibility index (Phi) is 4.20. The van der Waals surface area contributed by atoms with Gasteiger partial charge in [-0.1, -0.05) is 6.07 Å². The molecule has 22 heavy (non-hydrogen) atoms. The Labute approximate surface area is 129 Å². The summed E-state index contributed by atoms with van der Waals surface area (Å²) in [4.78, 5) is 18.6. The molecule has 0 aromatic carbocycles. The highest BCUT2D eigenvalue weighted by Gasteiger charge is 2.31. The molecule has 0 aliphatic carbocycles. The van der Waals surface area contributed by atoms with Gasteiger partial charge in [-0.2, -0.15) is 5.10 Å². The van der Waals surface area contributed by atoms with Crippen LogP contribution in [0.15, 0.2) is 30.6 Å². The fourth-order valence-electron chi connectivity index (χ4n) is 2.96. The molecule has 0 bridgehead atoms. The molecule has 0 spiro atoms. The Morgan fingerprint density at radius 3 is 3.05 bits per heavy atom. The number of aromatic nitrogens is 3. The maximum Gasteiger partial charge on any atom is 0.272 e. The largest absolute Gasteiger partial charge is 0.381 e. The van der Waals surface area contributed by atoms with E-state index in [0.717, 1.165) is 5.56 Å². The Balaban J connectivity index is 1.85. The van der Waals surface area contributed by atoms with E-state index in [1.807, 2.05) is 41.9 Å². The van der Waals surface area contributed by atoms with Gasteiger partial charge in [0.25, 0.3) is 5.91 Å². The van der Waals surface area contributed by atoms with Crippen LogP contribution in [0, 0.1) is 0 Å². The van der Waals surface area contributed by atoms with Crippen molar-refractivity contribution in [1.82, 2.24) is 19.7 Å². The first-order chi connectivity index (χ1) is 10.7. The van der Waals surface area contributed by atoms with Crippen LogP contribution in [0.4, 0.5) is 0 Å². The van der Waals surface area contributed by atoms with Crippen LogP contribution in [0.2, 0.25) is 0 Å². The van der Waals surface area contributed by atoms with E-state index in [-0.39, 0.29) is 11.8 Å². The summed E-state index contributed by atoms with van der Waals surface area (Å²) in [5, 5.41) is 4.33. The van der Waals surface area contributed by atoms with Crippen LogP contribution in [0.1, 0.15) is 34.6 Å². The zero-order valence-electron chi connectivity index (χ0n) is 12.9. The van der Waals surface area contributed by atoms with E-state index in [4.69, 9.17) is 4.74 Å². The van der Waals surface area contributed by atoms with Crippen LogP contribution < -0.4 is 0 Å². The highest BCUT2D eigenvalue weighted by Crippen LogP contribution is 2.28. The maximum atomic E-state index is 12.6. The number of carbonyl (C=O) groups excluding carboxylic acids is 1. The van der Waals surface area contributed by atoms with Crippen LogP contribution in [-0.4, -0.2) is 45.3 Å². The first kappa shape index (κ1) is 14.7. The Bertz CT molecular complexity index is 653. The highest BCUT2D eigenvalue weighted by atomic mass is 16.5. The second-order valence-corrected chi connectivity index (χ2v) is 5.44. The lowest BCUT2D eigenvalue weighted by molar-refractivity contribution is 0.0642. The minimum atomic E-state index is -0.0448. The molecular formula is C16H20N4O2. The number of ether oxygens (including phenoxy) is 1. The highest BCUT2D eigenvalue weighted by molar-refractivity contribution is 5.92. The van der Waals surface area contributed by atoms with Crippen molar-refractivity contribution in [3.05, 3.63) is 47.5 Å².